The minimum Gasteiger partial charge on any atom is -0.341 e. The van der Waals surface area contributed by atoms with Crippen molar-refractivity contribution in [3.05, 3.63) is 0 Å². The largest absolute Gasteiger partial charge is 0.341 e. The van der Waals surface area contributed by atoms with Gasteiger partial charge in [0.05, 0.1) is 5.41 Å². The number of hydrogen-bond acceptors (Lipinski definition) is 3. The van der Waals surface area contributed by atoms with Crippen LogP contribution < -0.4 is 5.73 Å². The molecule has 1 unspecified atom stereocenters. The molecule has 0 saturated carbocycles. The zero-order chi connectivity index (χ0) is 14.3. The van der Waals surface area contributed by atoms with Crippen LogP contribution in [0.15, 0.2) is 0 Å². The molecule has 0 aliphatic rings. The molecule has 0 aliphatic heterocycles. The van der Waals surface area contributed by atoms with Gasteiger partial charge >= 0.3 is 0 Å². The van der Waals surface area contributed by atoms with E-state index < -0.39 is 5.41 Å². The van der Waals surface area contributed by atoms with E-state index in [4.69, 9.17) is 5.73 Å². The second-order valence-electron chi connectivity index (χ2n) is 6.07. The van der Waals surface area contributed by atoms with Gasteiger partial charge in [-0.25, -0.2) is 0 Å². The van der Waals surface area contributed by atoms with Crippen LogP contribution >= 0.6 is 0 Å². The van der Waals surface area contributed by atoms with E-state index in [9.17, 15) is 4.79 Å². The molecule has 0 fully saturated rings. The van der Waals surface area contributed by atoms with Gasteiger partial charge in [-0.2, -0.15) is 0 Å². The van der Waals surface area contributed by atoms with E-state index in [2.05, 4.69) is 18.7 Å². The molecule has 0 aliphatic carbocycles. The molecule has 18 heavy (non-hydrogen) atoms. The first-order valence-electron chi connectivity index (χ1n) is 6.91. The monoisotopic (exact) mass is 257 g/mol. The minimum atomic E-state index is -0.415. The summed E-state index contributed by atoms with van der Waals surface area (Å²) in [6, 6.07) is 0. The van der Waals surface area contributed by atoms with Gasteiger partial charge in [-0.15, -0.1) is 0 Å². The molecule has 0 saturated heterocycles. The zero-order valence-corrected chi connectivity index (χ0v) is 13.0. The lowest BCUT2D eigenvalue weighted by Crippen LogP contribution is -2.49. The Morgan fingerprint density at radius 2 is 1.83 bits per heavy atom. The van der Waals surface area contributed by atoms with Crippen LogP contribution in [-0.2, 0) is 4.79 Å². The van der Waals surface area contributed by atoms with E-state index in [0.717, 1.165) is 26.1 Å². The molecule has 0 bridgehead atoms. The molecule has 0 aromatic carbocycles. The summed E-state index contributed by atoms with van der Waals surface area (Å²) in [6.07, 6.45) is 0.791. The predicted molar refractivity (Wildman–Crippen MR) is 77.4 cm³/mol. The molecule has 2 N–H and O–H groups in total. The number of carbonyl (C=O) groups excluding carboxylic acids is 1. The summed E-state index contributed by atoms with van der Waals surface area (Å²) in [5, 5.41) is 0. The zero-order valence-electron chi connectivity index (χ0n) is 13.0. The van der Waals surface area contributed by atoms with Crippen LogP contribution in [0.2, 0.25) is 0 Å². The molecule has 0 aromatic rings. The Bertz CT molecular complexity index is 247. The first kappa shape index (κ1) is 17.4. The molecule has 1 amide bonds. The SMILES string of the molecule is CCC(C)(CN)C(=O)N(CCN(C)C)CC(C)C. The third-order valence-electron chi connectivity index (χ3n) is 3.44. The van der Waals surface area contributed by atoms with Gasteiger partial charge in [0.15, 0.2) is 0 Å². The highest BCUT2D eigenvalue weighted by Gasteiger charge is 2.33. The van der Waals surface area contributed by atoms with Crippen molar-refractivity contribution in [2.45, 2.75) is 34.1 Å². The molecule has 0 heterocycles. The smallest absolute Gasteiger partial charge is 0.229 e. The van der Waals surface area contributed by atoms with Crippen molar-refractivity contribution in [1.29, 1.82) is 0 Å². The maximum absolute atomic E-state index is 12.6. The Labute approximate surface area is 113 Å². The van der Waals surface area contributed by atoms with Gasteiger partial charge in [0.1, 0.15) is 0 Å². The third kappa shape index (κ3) is 5.36. The molecular weight excluding hydrogens is 226 g/mol. The Morgan fingerprint density at radius 1 is 1.28 bits per heavy atom. The lowest BCUT2D eigenvalue weighted by molar-refractivity contribution is -0.141. The van der Waals surface area contributed by atoms with Crippen LogP contribution in [0.5, 0.6) is 0 Å². The summed E-state index contributed by atoms with van der Waals surface area (Å²) in [6.45, 7) is 11.2. The molecule has 0 spiro atoms. The maximum Gasteiger partial charge on any atom is 0.229 e. The van der Waals surface area contributed by atoms with Gasteiger partial charge in [0.25, 0.3) is 0 Å². The number of amides is 1. The molecule has 0 rings (SSSR count). The first-order valence-corrected chi connectivity index (χ1v) is 6.91. The van der Waals surface area contributed by atoms with Crippen LogP contribution in [-0.4, -0.2) is 56.0 Å². The van der Waals surface area contributed by atoms with Crippen LogP contribution in [0, 0.1) is 11.3 Å². The average Bonchev–Trinajstić information content (AvgIpc) is 2.31. The van der Waals surface area contributed by atoms with Crippen LogP contribution in [0.4, 0.5) is 0 Å². The van der Waals surface area contributed by atoms with Gasteiger partial charge in [0, 0.05) is 26.2 Å². The van der Waals surface area contributed by atoms with E-state index >= 15 is 0 Å². The lowest BCUT2D eigenvalue weighted by atomic mass is 9.85. The Kier molecular flexibility index (Phi) is 7.48. The summed E-state index contributed by atoms with van der Waals surface area (Å²) < 4.78 is 0. The highest BCUT2D eigenvalue weighted by Crippen LogP contribution is 2.23. The standard InChI is InChI=1S/C14H31N3O/c1-7-14(4,11-15)13(18)17(10-12(2)3)9-8-16(5)6/h12H,7-11,15H2,1-6H3. The molecule has 0 radical (unpaired) electrons. The fourth-order valence-corrected chi connectivity index (χ4v) is 1.80. The van der Waals surface area contributed by atoms with Crippen molar-refractivity contribution in [2.75, 3.05) is 40.3 Å². The van der Waals surface area contributed by atoms with Crippen molar-refractivity contribution in [1.82, 2.24) is 9.80 Å². The van der Waals surface area contributed by atoms with E-state index in [1.54, 1.807) is 0 Å². The van der Waals surface area contributed by atoms with Crippen molar-refractivity contribution in [2.24, 2.45) is 17.1 Å². The minimum absolute atomic E-state index is 0.197. The predicted octanol–water partition coefficient (Wildman–Crippen LogP) is 1.41. The summed E-state index contributed by atoms with van der Waals surface area (Å²) in [4.78, 5) is 16.7. The Morgan fingerprint density at radius 3 is 2.17 bits per heavy atom. The fraction of sp³-hybridized carbons (Fsp3) is 0.929. The molecule has 1 atom stereocenters. The van der Waals surface area contributed by atoms with Gasteiger partial charge in [-0.1, -0.05) is 20.8 Å². The average molecular weight is 257 g/mol. The van der Waals surface area contributed by atoms with Gasteiger partial charge in [0.2, 0.25) is 5.91 Å². The number of rotatable bonds is 8. The van der Waals surface area contributed by atoms with Gasteiger partial charge in [-0.3, -0.25) is 4.79 Å². The molecule has 108 valence electrons. The highest BCUT2D eigenvalue weighted by molar-refractivity contribution is 5.82. The molecule has 4 heteroatoms. The Balaban J connectivity index is 4.77. The van der Waals surface area contributed by atoms with E-state index in [1.165, 1.54) is 0 Å². The first-order chi connectivity index (χ1) is 8.26. The number of nitrogens with zero attached hydrogens (tertiary/aromatic N) is 2. The highest BCUT2D eigenvalue weighted by atomic mass is 16.2. The summed E-state index contributed by atoms with van der Waals surface area (Å²) in [5.74, 6) is 0.679. The number of likely N-dealkylation sites (N-methyl/N-ethyl adjacent to an activating group) is 1. The van der Waals surface area contributed by atoms with Gasteiger partial charge < -0.3 is 15.5 Å². The Hall–Kier alpha value is -0.610. The van der Waals surface area contributed by atoms with Crippen molar-refractivity contribution >= 4 is 5.91 Å². The number of nitrogens with two attached hydrogens (primary N) is 1. The van der Waals surface area contributed by atoms with Gasteiger partial charge in [-0.05, 0) is 33.4 Å². The van der Waals surface area contributed by atoms with Crippen molar-refractivity contribution in [3.8, 4) is 0 Å². The quantitative estimate of drug-likeness (QED) is 0.715. The number of hydrogen-bond donors (Lipinski definition) is 1. The number of carbonyl (C=O) groups is 1. The second-order valence-corrected chi connectivity index (χ2v) is 6.07. The molecule has 4 nitrogen and oxygen atoms in total. The molecular formula is C14H31N3O. The maximum atomic E-state index is 12.6. The van der Waals surface area contributed by atoms with E-state index in [1.807, 2.05) is 32.8 Å². The summed E-state index contributed by atoms with van der Waals surface area (Å²) >= 11 is 0. The van der Waals surface area contributed by atoms with E-state index in [-0.39, 0.29) is 5.91 Å². The van der Waals surface area contributed by atoms with Crippen LogP contribution in [0.1, 0.15) is 34.1 Å². The lowest BCUT2D eigenvalue weighted by Gasteiger charge is -2.34. The third-order valence-corrected chi connectivity index (χ3v) is 3.44. The second kappa shape index (κ2) is 7.74. The van der Waals surface area contributed by atoms with Crippen LogP contribution in [0.25, 0.3) is 0 Å². The fourth-order valence-electron chi connectivity index (χ4n) is 1.80. The summed E-state index contributed by atoms with van der Waals surface area (Å²) in [5.41, 5.74) is 5.37. The van der Waals surface area contributed by atoms with Crippen molar-refractivity contribution < 1.29 is 4.79 Å². The van der Waals surface area contributed by atoms with Crippen molar-refractivity contribution in [3.63, 3.8) is 0 Å². The molecule has 0 aromatic heterocycles. The summed E-state index contributed by atoms with van der Waals surface area (Å²) in [7, 11) is 4.06. The van der Waals surface area contributed by atoms with Crippen LogP contribution in [0.3, 0.4) is 0 Å². The topological polar surface area (TPSA) is 49.6 Å². The van der Waals surface area contributed by atoms with E-state index in [0.29, 0.717) is 12.5 Å². The normalized spacial score (nSPS) is 14.9.